The van der Waals surface area contributed by atoms with Gasteiger partial charge in [-0.3, -0.25) is 9.78 Å². The summed E-state index contributed by atoms with van der Waals surface area (Å²) in [5, 5.41) is 0. The molecule has 1 rings (SSSR count). The van der Waals surface area contributed by atoms with Crippen LogP contribution in [0.25, 0.3) is 0 Å². The van der Waals surface area contributed by atoms with E-state index in [1.165, 1.54) is 0 Å². The van der Waals surface area contributed by atoms with Crippen molar-refractivity contribution in [1.29, 1.82) is 0 Å². The second kappa shape index (κ2) is 5.61. The Labute approximate surface area is 90.7 Å². The molecule has 1 aromatic heterocycles. The number of hydrogen-bond donors (Lipinski definition) is 1. The molecule has 0 radical (unpaired) electrons. The van der Waals surface area contributed by atoms with Gasteiger partial charge in [-0.05, 0) is 17.5 Å². The van der Waals surface area contributed by atoms with Crippen LogP contribution in [0.5, 0.6) is 0 Å². The summed E-state index contributed by atoms with van der Waals surface area (Å²) < 4.78 is 0. The molecule has 2 unspecified atom stereocenters. The van der Waals surface area contributed by atoms with Gasteiger partial charge in [0, 0.05) is 18.8 Å². The van der Waals surface area contributed by atoms with Crippen LogP contribution in [-0.2, 0) is 11.2 Å². The zero-order chi connectivity index (χ0) is 11.3. The monoisotopic (exact) mass is 206 g/mol. The molecule has 0 spiro atoms. The maximum atomic E-state index is 11.8. The molecule has 0 saturated carbocycles. The van der Waals surface area contributed by atoms with Crippen molar-refractivity contribution in [2.75, 3.05) is 0 Å². The highest BCUT2D eigenvalue weighted by atomic mass is 16.1. The molecule has 2 atom stereocenters. The smallest absolute Gasteiger partial charge is 0.154 e. The second-order valence-corrected chi connectivity index (χ2v) is 3.92. The van der Waals surface area contributed by atoms with Crippen molar-refractivity contribution in [2.24, 2.45) is 11.7 Å². The van der Waals surface area contributed by atoms with E-state index in [2.05, 4.69) is 4.98 Å². The fourth-order valence-electron chi connectivity index (χ4n) is 1.39. The van der Waals surface area contributed by atoms with Gasteiger partial charge in [0.1, 0.15) is 0 Å². The Kier molecular flexibility index (Phi) is 4.43. The Hall–Kier alpha value is -1.22. The van der Waals surface area contributed by atoms with Crippen molar-refractivity contribution in [3.8, 4) is 0 Å². The number of carbonyl (C=O) groups excluding carboxylic acids is 1. The Morgan fingerprint density at radius 1 is 1.60 bits per heavy atom. The van der Waals surface area contributed by atoms with Gasteiger partial charge >= 0.3 is 0 Å². The van der Waals surface area contributed by atoms with Gasteiger partial charge in [0.2, 0.25) is 0 Å². The summed E-state index contributed by atoms with van der Waals surface area (Å²) in [6.45, 7) is 4.05. The van der Waals surface area contributed by atoms with E-state index in [4.69, 9.17) is 5.73 Å². The van der Waals surface area contributed by atoms with Crippen molar-refractivity contribution >= 4 is 5.78 Å². The molecular formula is C12H18N2O. The van der Waals surface area contributed by atoms with E-state index in [1.54, 1.807) is 12.4 Å². The number of nitrogens with two attached hydrogens (primary N) is 1. The number of hydrogen-bond acceptors (Lipinski definition) is 3. The Balaban J connectivity index is 2.56. The molecule has 0 aliphatic rings. The fourth-order valence-corrected chi connectivity index (χ4v) is 1.39. The lowest BCUT2D eigenvalue weighted by Crippen LogP contribution is -2.37. The average Bonchev–Trinajstić information content (AvgIpc) is 2.28. The van der Waals surface area contributed by atoms with E-state index in [0.717, 1.165) is 12.0 Å². The molecule has 82 valence electrons. The first-order chi connectivity index (χ1) is 7.15. The number of Topliss-reactive ketones (excluding diaryl/α,β-unsaturated/α-hetero) is 1. The summed E-state index contributed by atoms with van der Waals surface area (Å²) >= 11 is 0. The summed E-state index contributed by atoms with van der Waals surface area (Å²) in [5.41, 5.74) is 6.78. The van der Waals surface area contributed by atoms with Crippen molar-refractivity contribution in [3.63, 3.8) is 0 Å². The molecule has 0 amide bonds. The first kappa shape index (κ1) is 11.9. The Bertz CT molecular complexity index is 311. The van der Waals surface area contributed by atoms with Crippen molar-refractivity contribution in [2.45, 2.75) is 32.7 Å². The van der Waals surface area contributed by atoms with Crippen LogP contribution in [0.4, 0.5) is 0 Å². The summed E-state index contributed by atoms with van der Waals surface area (Å²) in [7, 11) is 0. The molecule has 3 nitrogen and oxygen atoms in total. The number of aromatic nitrogens is 1. The van der Waals surface area contributed by atoms with Crippen molar-refractivity contribution in [1.82, 2.24) is 4.98 Å². The lowest BCUT2D eigenvalue weighted by Gasteiger charge is -2.16. The zero-order valence-corrected chi connectivity index (χ0v) is 9.31. The van der Waals surface area contributed by atoms with E-state index in [1.807, 2.05) is 26.0 Å². The van der Waals surface area contributed by atoms with E-state index < -0.39 is 0 Å². The van der Waals surface area contributed by atoms with Gasteiger partial charge in [-0.25, -0.2) is 0 Å². The number of rotatable bonds is 5. The SMILES string of the molecule is CCC(C)C(N)C(=O)Cc1cccnc1. The van der Waals surface area contributed by atoms with Crippen LogP contribution in [0.2, 0.25) is 0 Å². The van der Waals surface area contributed by atoms with E-state index in [0.29, 0.717) is 6.42 Å². The third-order valence-corrected chi connectivity index (χ3v) is 2.73. The summed E-state index contributed by atoms with van der Waals surface area (Å²) in [5.74, 6) is 0.339. The maximum absolute atomic E-state index is 11.8. The third kappa shape index (κ3) is 3.44. The predicted molar refractivity (Wildman–Crippen MR) is 60.4 cm³/mol. The summed E-state index contributed by atoms with van der Waals surface area (Å²) in [4.78, 5) is 15.7. The van der Waals surface area contributed by atoms with Crippen LogP contribution in [0.15, 0.2) is 24.5 Å². The number of pyridine rings is 1. The highest BCUT2D eigenvalue weighted by Crippen LogP contribution is 2.09. The van der Waals surface area contributed by atoms with Crippen LogP contribution in [0, 0.1) is 5.92 Å². The van der Waals surface area contributed by atoms with Crippen LogP contribution < -0.4 is 5.73 Å². The van der Waals surface area contributed by atoms with E-state index in [-0.39, 0.29) is 17.7 Å². The quantitative estimate of drug-likeness (QED) is 0.795. The highest BCUT2D eigenvalue weighted by molar-refractivity contribution is 5.86. The molecule has 0 saturated heterocycles. The first-order valence-corrected chi connectivity index (χ1v) is 5.32. The predicted octanol–water partition coefficient (Wildman–Crippen LogP) is 1.57. The van der Waals surface area contributed by atoms with Crippen molar-refractivity contribution < 1.29 is 4.79 Å². The molecule has 3 heteroatoms. The molecule has 1 heterocycles. The van der Waals surface area contributed by atoms with Gasteiger partial charge in [0.25, 0.3) is 0 Å². The number of nitrogens with zero attached hydrogens (tertiary/aromatic N) is 1. The standard InChI is InChI=1S/C12H18N2O/c1-3-9(2)12(13)11(15)7-10-5-4-6-14-8-10/h4-6,8-9,12H,3,7,13H2,1-2H3. The van der Waals surface area contributed by atoms with E-state index in [9.17, 15) is 4.79 Å². The lowest BCUT2D eigenvalue weighted by atomic mass is 9.93. The van der Waals surface area contributed by atoms with Crippen LogP contribution >= 0.6 is 0 Å². The first-order valence-electron chi connectivity index (χ1n) is 5.32. The van der Waals surface area contributed by atoms with Crippen LogP contribution in [-0.4, -0.2) is 16.8 Å². The summed E-state index contributed by atoms with van der Waals surface area (Å²) in [6, 6.07) is 3.38. The fraction of sp³-hybridized carbons (Fsp3) is 0.500. The molecule has 0 bridgehead atoms. The minimum atomic E-state index is -0.352. The van der Waals surface area contributed by atoms with Crippen LogP contribution in [0.3, 0.4) is 0 Å². The average molecular weight is 206 g/mol. The zero-order valence-electron chi connectivity index (χ0n) is 9.31. The van der Waals surface area contributed by atoms with Gasteiger partial charge in [-0.15, -0.1) is 0 Å². The van der Waals surface area contributed by atoms with Gasteiger partial charge in [-0.1, -0.05) is 26.3 Å². The Morgan fingerprint density at radius 2 is 2.33 bits per heavy atom. The number of ketones is 1. The van der Waals surface area contributed by atoms with Gasteiger partial charge in [0.15, 0.2) is 5.78 Å². The normalized spacial score (nSPS) is 14.6. The molecule has 1 aromatic rings. The van der Waals surface area contributed by atoms with Crippen molar-refractivity contribution in [3.05, 3.63) is 30.1 Å². The minimum Gasteiger partial charge on any atom is -0.321 e. The third-order valence-electron chi connectivity index (χ3n) is 2.73. The molecule has 0 aromatic carbocycles. The molecular weight excluding hydrogens is 188 g/mol. The Morgan fingerprint density at radius 3 is 2.87 bits per heavy atom. The van der Waals surface area contributed by atoms with Gasteiger partial charge in [-0.2, -0.15) is 0 Å². The van der Waals surface area contributed by atoms with Crippen LogP contribution in [0.1, 0.15) is 25.8 Å². The molecule has 0 aliphatic carbocycles. The van der Waals surface area contributed by atoms with Gasteiger partial charge < -0.3 is 5.73 Å². The summed E-state index contributed by atoms with van der Waals surface area (Å²) in [6.07, 6.45) is 4.73. The topological polar surface area (TPSA) is 56.0 Å². The van der Waals surface area contributed by atoms with Gasteiger partial charge in [0.05, 0.1) is 6.04 Å². The largest absolute Gasteiger partial charge is 0.321 e. The maximum Gasteiger partial charge on any atom is 0.154 e. The van der Waals surface area contributed by atoms with E-state index >= 15 is 0 Å². The highest BCUT2D eigenvalue weighted by Gasteiger charge is 2.19. The molecule has 2 N–H and O–H groups in total. The lowest BCUT2D eigenvalue weighted by molar-refractivity contribution is -0.120. The molecule has 0 aliphatic heterocycles. The minimum absolute atomic E-state index is 0.0948. The molecule has 0 fully saturated rings. The number of carbonyl (C=O) groups is 1. The molecule has 15 heavy (non-hydrogen) atoms. The second-order valence-electron chi connectivity index (χ2n) is 3.92.